The van der Waals surface area contributed by atoms with E-state index in [1.807, 2.05) is 23.0 Å². The Labute approximate surface area is 326 Å². The standard InChI is InChI=1S/C34H52ClN9O12/c1-3-43-18-6-5-16(9-19(18)44(4-2)24(43)10-38-33(55)25-31(36)40-32(37)30(35)39-25)34(56)41-8-7-17(11-41)42(12-20(47)26(51)28(53)22(49)14-45)13-21(48)27(52)29(54)23(50)15-46/h5-6,9,17,20-23,26-29,45-54H,3-4,7-8,10-15H2,1-2H3,(H4-,36,37,38,40,55)/p+1/t17-,20+,21+,22-,23-,26-,27-,28-,29-/m1/s1. The van der Waals surface area contributed by atoms with Gasteiger partial charge in [-0.05, 0) is 32.4 Å². The van der Waals surface area contributed by atoms with Crippen LogP contribution in [0.1, 0.15) is 46.9 Å². The summed E-state index contributed by atoms with van der Waals surface area (Å²) in [5.41, 5.74) is 13.1. The number of nitrogens with zero attached hydrogens (tertiary/aromatic N) is 6. The molecule has 1 aromatic carbocycles. The maximum Gasteiger partial charge on any atom is 0.277 e. The van der Waals surface area contributed by atoms with Crippen LogP contribution in [0.25, 0.3) is 11.0 Å². The van der Waals surface area contributed by atoms with Gasteiger partial charge in [-0.25, -0.2) is 19.1 Å². The molecule has 3 aromatic rings. The number of carbonyl (C=O) groups excluding carboxylic acids is 2. The van der Waals surface area contributed by atoms with E-state index in [4.69, 9.17) is 23.1 Å². The molecule has 2 aromatic heterocycles. The van der Waals surface area contributed by atoms with E-state index in [9.17, 15) is 60.7 Å². The number of aromatic nitrogens is 4. The lowest BCUT2D eigenvalue weighted by Crippen LogP contribution is -2.55. The molecule has 0 radical (unpaired) electrons. The number of imidazole rings is 1. The minimum absolute atomic E-state index is 0.0499. The third-order valence-electron chi connectivity index (χ3n) is 10.0. The van der Waals surface area contributed by atoms with Crippen molar-refractivity contribution >= 4 is 46.1 Å². The zero-order chi connectivity index (χ0) is 41.6. The molecule has 0 bridgehead atoms. The third-order valence-corrected chi connectivity index (χ3v) is 10.3. The molecule has 4 rings (SSSR count). The Morgan fingerprint density at radius 2 is 1.48 bits per heavy atom. The zero-order valence-electron chi connectivity index (χ0n) is 31.0. The van der Waals surface area contributed by atoms with Gasteiger partial charge in [0.25, 0.3) is 17.6 Å². The summed E-state index contributed by atoms with van der Waals surface area (Å²) in [5, 5.41) is 104. The van der Waals surface area contributed by atoms with Crippen LogP contribution >= 0.6 is 11.6 Å². The number of nitrogens with two attached hydrogens (primary N) is 2. The van der Waals surface area contributed by atoms with E-state index >= 15 is 0 Å². The fourth-order valence-electron chi connectivity index (χ4n) is 6.88. The van der Waals surface area contributed by atoms with Gasteiger partial charge in [0.15, 0.2) is 33.5 Å². The highest BCUT2D eigenvalue weighted by atomic mass is 35.5. The molecule has 21 nitrogen and oxygen atoms in total. The van der Waals surface area contributed by atoms with E-state index in [0.717, 1.165) is 5.52 Å². The largest absolute Gasteiger partial charge is 0.394 e. The average molecular weight is 815 g/mol. The van der Waals surface area contributed by atoms with E-state index in [1.165, 1.54) is 9.80 Å². The summed E-state index contributed by atoms with van der Waals surface area (Å²) in [4.78, 5) is 37.8. The predicted octanol–water partition coefficient (Wildman–Crippen LogP) is -5.11. The van der Waals surface area contributed by atoms with Crippen molar-refractivity contribution in [3.63, 3.8) is 0 Å². The maximum atomic E-state index is 14.0. The highest BCUT2D eigenvalue weighted by molar-refractivity contribution is 6.31. The van der Waals surface area contributed by atoms with Gasteiger partial charge in [0.05, 0.1) is 38.5 Å². The lowest BCUT2D eigenvalue weighted by atomic mass is 10.00. The number of rotatable bonds is 19. The number of amides is 2. The van der Waals surface area contributed by atoms with Crippen molar-refractivity contribution in [1.29, 1.82) is 0 Å². The first kappa shape index (κ1) is 44.9. The Morgan fingerprint density at radius 1 is 0.911 bits per heavy atom. The predicted molar refractivity (Wildman–Crippen MR) is 199 cm³/mol. The van der Waals surface area contributed by atoms with Gasteiger partial charge in [0, 0.05) is 43.9 Å². The van der Waals surface area contributed by atoms with Gasteiger partial charge in [0.1, 0.15) is 43.2 Å². The Morgan fingerprint density at radius 3 is 2.02 bits per heavy atom. The summed E-state index contributed by atoms with van der Waals surface area (Å²) in [5.74, 6) is -0.560. The Bertz CT molecular complexity index is 1790. The number of aliphatic hydroxyl groups excluding tert-OH is 10. The molecule has 9 atom stereocenters. The van der Waals surface area contributed by atoms with Crippen LogP contribution in [0.4, 0.5) is 11.6 Å². The van der Waals surface area contributed by atoms with Crippen molar-refractivity contribution < 1.29 is 65.2 Å². The number of aliphatic hydroxyl groups is 10. The number of hydrogen-bond donors (Lipinski definition) is 13. The van der Waals surface area contributed by atoms with Crippen LogP contribution in [0.2, 0.25) is 5.15 Å². The number of nitrogens with one attached hydrogen (secondary N) is 1. The van der Waals surface area contributed by atoms with Gasteiger partial charge in [0.2, 0.25) is 0 Å². The average Bonchev–Trinajstić information content (AvgIpc) is 3.81. The number of aryl methyl sites for hydroxylation is 2. The van der Waals surface area contributed by atoms with Gasteiger partial charge in [-0.3, -0.25) is 14.5 Å². The molecular formula is C34H53ClN9O12+. The highest BCUT2D eigenvalue weighted by Gasteiger charge is 2.39. The molecule has 22 heteroatoms. The van der Waals surface area contributed by atoms with E-state index in [-0.39, 0.29) is 48.0 Å². The van der Waals surface area contributed by atoms with Crippen LogP contribution in [0, 0.1) is 0 Å². The van der Waals surface area contributed by atoms with Gasteiger partial charge in [-0.1, -0.05) is 11.6 Å². The molecule has 0 unspecified atom stereocenters. The number of likely N-dealkylation sites (tertiary alicyclic amines) is 1. The molecule has 3 heterocycles. The summed E-state index contributed by atoms with van der Waals surface area (Å²) in [6, 6.07) is 4.59. The van der Waals surface area contributed by atoms with Gasteiger partial charge >= 0.3 is 0 Å². The molecule has 0 spiro atoms. The van der Waals surface area contributed by atoms with Crippen LogP contribution in [0.3, 0.4) is 0 Å². The number of carbonyl (C=O) groups is 2. The molecule has 1 fully saturated rings. The van der Waals surface area contributed by atoms with E-state index in [2.05, 4.69) is 15.3 Å². The minimum Gasteiger partial charge on any atom is -0.394 e. The van der Waals surface area contributed by atoms with E-state index < -0.39 is 87.1 Å². The van der Waals surface area contributed by atoms with Crippen molar-refractivity contribution in [1.82, 2.24) is 29.7 Å². The topological polar surface area (TPSA) is 342 Å². The summed E-state index contributed by atoms with van der Waals surface area (Å²) >= 11 is 5.96. The normalized spacial score (nSPS) is 19.1. The second kappa shape index (κ2) is 19.5. The van der Waals surface area contributed by atoms with Crippen LogP contribution in [0.15, 0.2) is 18.2 Å². The number of benzene rings is 1. The van der Waals surface area contributed by atoms with Gasteiger partial charge in [-0.2, -0.15) is 0 Å². The zero-order valence-corrected chi connectivity index (χ0v) is 31.8. The molecule has 15 N–H and O–H groups in total. The quantitative estimate of drug-likeness (QED) is 0.0503. The molecule has 1 aliphatic heterocycles. The van der Waals surface area contributed by atoms with E-state index in [0.29, 0.717) is 36.4 Å². The maximum absolute atomic E-state index is 14.0. The van der Waals surface area contributed by atoms with Crippen LogP contribution in [0.5, 0.6) is 0 Å². The highest BCUT2D eigenvalue weighted by Crippen LogP contribution is 2.24. The van der Waals surface area contributed by atoms with E-state index in [1.54, 1.807) is 18.2 Å². The lowest BCUT2D eigenvalue weighted by molar-refractivity contribution is -0.676. The molecule has 2 amide bonds. The number of halogens is 1. The summed E-state index contributed by atoms with van der Waals surface area (Å²) in [6.45, 7) is 2.44. The Balaban J connectivity index is 1.56. The van der Waals surface area contributed by atoms with Crippen molar-refractivity contribution in [2.45, 2.75) is 94.8 Å². The monoisotopic (exact) mass is 814 g/mol. The van der Waals surface area contributed by atoms with Crippen molar-refractivity contribution in [2.75, 3.05) is 50.9 Å². The van der Waals surface area contributed by atoms with Gasteiger partial charge < -0.3 is 72.7 Å². The van der Waals surface area contributed by atoms with Crippen LogP contribution < -0.4 is 21.4 Å². The fraction of sp³-hybridized carbons (Fsp3) is 0.618. The van der Waals surface area contributed by atoms with Gasteiger partial charge in [-0.15, -0.1) is 0 Å². The number of fused-ring (bicyclic) bond motifs is 1. The summed E-state index contributed by atoms with van der Waals surface area (Å²) in [6.07, 6.45) is -14.5. The minimum atomic E-state index is -1.95. The Hall–Kier alpha value is -3.84. The SMILES string of the molecule is CCn1c(CNC(=O)c2nc(Cl)c(N)nc2N)[n+](CC)c2ccc(C(=O)N3CC[C@@H](N(C[C@H](O)[C@@H](O)[C@H](O)[C@H](O)CO)C[C@H](O)[C@@H](O)[C@H](O)[C@H](O)CO)C3)cc21. The second-order valence-corrected chi connectivity index (χ2v) is 14.0. The fourth-order valence-corrected chi connectivity index (χ4v) is 7.00. The number of hydrogen-bond acceptors (Lipinski definition) is 17. The number of anilines is 2. The molecule has 56 heavy (non-hydrogen) atoms. The Kier molecular flexibility index (Phi) is 15.7. The molecule has 312 valence electrons. The molecule has 1 saturated heterocycles. The summed E-state index contributed by atoms with van der Waals surface area (Å²) < 4.78 is 3.92. The third kappa shape index (κ3) is 9.81. The smallest absolute Gasteiger partial charge is 0.277 e. The lowest BCUT2D eigenvalue weighted by Gasteiger charge is -2.36. The molecule has 0 aliphatic carbocycles. The summed E-state index contributed by atoms with van der Waals surface area (Å²) in [7, 11) is 0. The first-order valence-electron chi connectivity index (χ1n) is 18.1. The number of nitrogen functional groups attached to an aromatic ring is 2. The second-order valence-electron chi connectivity index (χ2n) is 13.7. The first-order chi connectivity index (χ1) is 26.5. The van der Waals surface area contributed by atoms with Crippen molar-refractivity contribution in [3.05, 3.63) is 40.4 Å². The molecule has 1 aliphatic rings. The van der Waals surface area contributed by atoms with Crippen molar-refractivity contribution in [2.24, 2.45) is 0 Å². The van der Waals surface area contributed by atoms with Crippen LogP contribution in [-0.2, 0) is 19.6 Å². The molecule has 0 saturated carbocycles. The van der Waals surface area contributed by atoms with Crippen molar-refractivity contribution in [3.8, 4) is 0 Å². The van der Waals surface area contributed by atoms with Crippen LogP contribution in [-0.4, -0.2) is 181 Å². The molecular weight excluding hydrogens is 762 g/mol. The first-order valence-corrected chi connectivity index (χ1v) is 18.5.